The summed E-state index contributed by atoms with van der Waals surface area (Å²) < 4.78 is 1.91. The van der Waals surface area contributed by atoms with E-state index in [1.807, 2.05) is 37.5 Å². The molecule has 0 radical (unpaired) electrons. The number of nitrogens with one attached hydrogen (secondary N) is 1. The maximum absolute atomic E-state index is 12.5. The summed E-state index contributed by atoms with van der Waals surface area (Å²) in [5.74, 6) is 1.01. The van der Waals surface area contributed by atoms with Gasteiger partial charge in [-0.2, -0.15) is 0 Å². The minimum atomic E-state index is -0.277. The van der Waals surface area contributed by atoms with E-state index in [2.05, 4.69) is 27.9 Å². The van der Waals surface area contributed by atoms with Gasteiger partial charge in [0.1, 0.15) is 0 Å². The Balaban J connectivity index is 1.25. The van der Waals surface area contributed by atoms with E-state index >= 15 is 0 Å². The number of rotatable bonds is 5. The average Bonchev–Trinajstić information content (AvgIpc) is 3.04. The van der Waals surface area contributed by atoms with Crippen LogP contribution < -0.4 is 5.69 Å². The SMILES string of the molecule is CN(CCCC1CCN(C(=O)C(C)(C)C)CC1)[C@@H]1Cc2cccc3[nH]c(=O)n(c23)C1. The van der Waals surface area contributed by atoms with E-state index in [-0.39, 0.29) is 17.0 Å². The molecule has 1 aromatic heterocycles. The summed E-state index contributed by atoms with van der Waals surface area (Å²) in [6.07, 6.45) is 5.64. The monoisotopic (exact) mass is 412 g/mol. The molecule has 164 valence electrons. The standard InChI is InChI=1S/C24H36N4O2/c1-24(2,3)22(29)27-13-10-17(11-14-27)7-6-12-26(4)19-15-18-8-5-9-20-21(18)28(16-19)23(30)25-20/h5,8-9,17,19H,6-7,10-16H2,1-4H3,(H,25,30)/t19-/m1/s1. The lowest BCUT2D eigenvalue weighted by molar-refractivity contribution is -0.140. The molecular formula is C24H36N4O2. The molecule has 6 heteroatoms. The number of para-hydroxylation sites is 1. The molecule has 2 aromatic rings. The van der Waals surface area contributed by atoms with Crippen LogP contribution in [0.2, 0.25) is 0 Å². The van der Waals surface area contributed by atoms with E-state index < -0.39 is 0 Å². The Bertz CT molecular complexity index is 960. The number of aromatic amines is 1. The minimum absolute atomic E-state index is 0.00659. The second-order valence-electron chi connectivity index (χ2n) is 10.3. The quantitative estimate of drug-likeness (QED) is 0.820. The summed E-state index contributed by atoms with van der Waals surface area (Å²) >= 11 is 0. The molecule has 1 fully saturated rings. The maximum Gasteiger partial charge on any atom is 0.326 e. The minimum Gasteiger partial charge on any atom is -0.342 e. The number of imidazole rings is 1. The van der Waals surface area contributed by atoms with E-state index in [1.165, 1.54) is 18.4 Å². The first-order valence-corrected chi connectivity index (χ1v) is 11.4. The van der Waals surface area contributed by atoms with Gasteiger partial charge in [0.25, 0.3) is 0 Å². The number of amides is 1. The third-order valence-corrected chi connectivity index (χ3v) is 7.01. The zero-order valence-corrected chi connectivity index (χ0v) is 18.9. The lowest BCUT2D eigenvalue weighted by Gasteiger charge is -2.36. The van der Waals surface area contributed by atoms with Crippen LogP contribution in [0.3, 0.4) is 0 Å². The molecule has 6 nitrogen and oxygen atoms in total. The molecule has 0 aliphatic carbocycles. The number of nitrogens with zero attached hydrogens (tertiary/aromatic N) is 3. The van der Waals surface area contributed by atoms with Crippen molar-refractivity contribution in [1.29, 1.82) is 0 Å². The molecule has 2 aliphatic rings. The zero-order chi connectivity index (χ0) is 21.5. The van der Waals surface area contributed by atoms with Crippen molar-refractivity contribution in [3.63, 3.8) is 0 Å². The molecular weight excluding hydrogens is 376 g/mol. The predicted octanol–water partition coefficient (Wildman–Crippen LogP) is 3.25. The first kappa shape index (κ1) is 21.2. The fraction of sp³-hybridized carbons (Fsp3) is 0.667. The number of H-pyrrole nitrogens is 1. The molecule has 0 saturated carbocycles. The summed E-state index contributed by atoms with van der Waals surface area (Å²) in [7, 11) is 2.19. The zero-order valence-electron chi connectivity index (χ0n) is 18.9. The normalized spacial score (nSPS) is 20.3. The van der Waals surface area contributed by atoms with Gasteiger partial charge in [-0.25, -0.2) is 4.79 Å². The van der Waals surface area contributed by atoms with Crippen molar-refractivity contribution in [3.05, 3.63) is 34.2 Å². The van der Waals surface area contributed by atoms with Crippen LogP contribution in [-0.4, -0.2) is 58.0 Å². The summed E-state index contributed by atoms with van der Waals surface area (Å²) in [5.41, 5.74) is 3.04. The van der Waals surface area contributed by atoms with Gasteiger partial charge in [0, 0.05) is 31.1 Å². The molecule has 4 rings (SSSR count). The van der Waals surface area contributed by atoms with Gasteiger partial charge in [0.15, 0.2) is 0 Å². The van der Waals surface area contributed by atoms with E-state index in [0.717, 1.165) is 62.4 Å². The van der Waals surface area contributed by atoms with Gasteiger partial charge < -0.3 is 14.8 Å². The Morgan fingerprint density at radius 1 is 1.23 bits per heavy atom. The molecule has 1 saturated heterocycles. The van der Waals surface area contributed by atoms with Crippen molar-refractivity contribution in [1.82, 2.24) is 19.4 Å². The number of hydrogen-bond acceptors (Lipinski definition) is 3. The van der Waals surface area contributed by atoms with Crippen molar-refractivity contribution in [2.45, 2.75) is 65.5 Å². The second kappa shape index (κ2) is 8.22. The van der Waals surface area contributed by atoms with Gasteiger partial charge in [-0.1, -0.05) is 32.9 Å². The van der Waals surface area contributed by atoms with Gasteiger partial charge in [-0.15, -0.1) is 0 Å². The summed E-state index contributed by atoms with van der Waals surface area (Å²) in [4.78, 5) is 32.3. The lowest BCUT2D eigenvalue weighted by Crippen LogP contribution is -2.44. The smallest absolute Gasteiger partial charge is 0.326 e. The van der Waals surface area contributed by atoms with Crippen LogP contribution in [0.25, 0.3) is 11.0 Å². The number of aromatic nitrogens is 2. The predicted molar refractivity (Wildman–Crippen MR) is 121 cm³/mol. The number of carbonyl (C=O) groups is 1. The first-order valence-electron chi connectivity index (χ1n) is 11.4. The van der Waals surface area contributed by atoms with Crippen LogP contribution in [-0.2, 0) is 17.8 Å². The summed E-state index contributed by atoms with van der Waals surface area (Å²) in [5, 5.41) is 0. The third kappa shape index (κ3) is 4.20. The Morgan fingerprint density at radius 2 is 1.97 bits per heavy atom. The molecule has 0 spiro atoms. The number of likely N-dealkylation sites (tertiary alicyclic amines) is 1. The van der Waals surface area contributed by atoms with Gasteiger partial charge >= 0.3 is 5.69 Å². The molecule has 30 heavy (non-hydrogen) atoms. The van der Waals surface area contributed by atoms with Crippen molar-refractivity contribution in [2.24, 2.45) is 11.3 Å². The second-order valence-corrected chi connectivity index (χ2v) is 10.3. The summed E-state index contributed by atoms with van der Waals surface area (Å²) in [6.45, 7) is 9.65. The number of likely N-dealkylation sites (N-methyl/N-ethyl adjacent to an activating group) is 1. The molecule has 1 atom stereocenters. The lowest BCUT2D eigenvalue weighted by atomic mass is 9.89. The van der Waals surface area contributed by atoms with Crippen LogP contribution in [0, 0.1) is 11.3 Å². The highest BCUT2D eigenvalue weighted by Gasteiger charge is 2.30. The molecule has 1 aromatic carbocycles. The maximum atomic E-state index is 12.5. The number of carbonyl (C=O) groups excluding carboxylic acids is 1. The fourth-order valence-corrected chi connectivity index (χ4v) is 5.17. The highest BCUT2D eigenvalue weighted by molar-refractivity contribution is 5.81. The summed E-state index contributed by atoms with van der Waals surface area (Å²) in [6, 6.07) is 6.54. The van der Waals surface area contributed by atoms with Crippen molar-refractivity contribution >= 4 is 16.9 Å². The Labute approximate surface area is 179 Å². The number of piperidine rings is 1. The van der Waals surface area contributed by atoms with E-state index in [9.17, 15) is 9.59 Å². The first-order chi connectivity index (χ1) is 14.2. The van der Waals surface area contributed by atoms with Crippen LogP contribution in [0.4, 0.5) is 0 Å². The Hall–Kier alpha value is -2.08. The largest absolute Gasteiger partial charge is 0.342 e. The molecule has 1 amide bonds. The van der Waals surface area contributed by atoms with Gasteiger partial charge in [0.2, 0.25) is 5.91 Å². The van der Waals surface area contributed by atoms with Gasteiger partial charge in [0.05, 0.1) is 11.0 Å². The Morgan fingerprint density at radius 3 is 2.67 bits per heavy atom. The highest BCUT2D eigenvalue weighted by atomic mass is 16.2. The Kier molecular flexibility index (Phi) is 5.80. The molecule has 1 N–H and O–H groups in total. The van der Waals surface area contributed by atoms with Crippen molar-refractivity contribution in [3.8, 4) is 0 Å². The van der Waals surface area contributed by atoms with E-state index in [1.54, 1.807) is 0 Å². The number of benzene rings is 1. The molecule has 0 unspecified atom stereocenters. The van der Waals surface area contributed by atoms with Crippen LogP contribution in [0.1, 0.15) is 52.0 Å². The van der Waals surface area contributed by atoms with Crippen LogP contribution >= 0.6 is 0 Å². The van der Waals surface area contributed by atoms with Crippen LogP contribution in [0.5, 0.6) is 0 Å². The third-order valence-electron chi connectivity index (χ3n) is 7.01. The highest BCUT2D eigenvalue weighted by Crippen LogP contribution is 2.27. The van der Waals surface area contributed by atoms with Crippen LogP contribution in [0.15, 0.2) is 23.0 Å². The van der Waals surface area contributed by atoms with Crippen molar-refractivity contribution < 1.29 is 4.79 Å². The van der Waals surface area contributed by atoms with E-state index in [4.69, 9.17) is 0 Å². The van der Waals surface area contributed by atoms with Gasteiger partial charge in [-0.05, 0) is 63.2 Å². The van der Waals surface area contributed by atoms with Gasteiger partial charge in [-0.3, -0.25) is 9.36 Å². The topological polar surface area (TPSA) is 61.3 Å². The molecule has 2 aliphatic heterocycles. The number of hydrogen-bond donors (Lipinski definition) is 1. The van der Waals surface area contributed by atoms with Crippen molar-refractivity contribution in [2.75, 3.05) is 26.7 Å². The fourth-order valence-electron chi connectivity index (χ4n) is 5.17. The average molecular weight is 413 g/mol. The van der Waals surface area contributed by atoms with E-state index in [0.29, 0.717) is 6.04 Å². The molecule has 0 bridgehead atoms. The molecule has 3 heterocycles.